The highest BCUT2D eigenvalue weighted by Gasteiger charge is 2.30. The molecule has 2 aromatic heterocycles. The van der Waals surface area contributed by atoms with E-state index in [0.29, 0.717) is 70.2 Å². The number of carbonyl (C=O) groups is 1. The molecule has 6 nitrogen and oxygen atoms in total. The second kappa shape index (κ2) is 9.78. The number of para-hydroxylation sites is 2. The van der Waals surface area contributed by atoms with Gasteiger partial charge in [0.25, 0.3) is 5.91 Å². The van der Waals surface area contributed by atoms with E-state index in [0.717, 1.165) is 4.57 Å². The highest BCUT2D eigenvalue weighted by molar-refractivity contribution is 6.31. The van der Waals surface area contributed by atoms with Crippen molar-refractivity contribution in [1.29, 1.82) is 5.41 Å². The maximum absolute atomic E-state index is 13.9. The lowest BCUT2D eigenvalue weighted by Gasteiger charge is -2.32. The number of hydrogen-bond acceptors (Lipinski definition) is 4. The monoisotopic (exact) mass is 507 g/mol. The number of piperidine rings is 1. The molecule has 2 aromatic carbocycles. The van der Waals surface area contributed by atoms with Gasteiger partial charge in [0.15, 0.2) is 0 Å². The first-order chi connectivity index (χ1) is 17.3. The van der Waals surface area contributed by atoms with Gasteiger partial charge in [0.05, 0.1) is 28.0 Å². The number of benzene rings is 2. The number of pyridine rings is 1. The van der Waals surface area contributed by atoms with E-state index in [1.807, 2.05) is 6.92 Å². The van der Waals surface area contributed by atoms with Crippen LogP contribution in [0.3, 0.4) is 0 Å². The van der Waals surface area contributed by atoms with Crippen molar-refractivity contribution in [3.05, 3.63) is 94.0 Å². The van der Waals surface area contributed by atoms with Crippen LogP contribution in [0.15, 0.2) is 60.8 Å². The minimum absolute atomic E-state index is 0.157. The van der Waals surface area contributed by atoms with Crippen molar-refractivity contribution in [2.45, 2.75) is 32.2 Å². The van der Waals surface area contributed by atoms with Crippen molar-refractivity contribution >= 4 is 34.3 Å². The number of amides is 1. The number of imidazole rings is 1. The topological polar surface area (TPSA) is 74.9 Å². The molecule has 1 aliphatic heterocycles. The molecule has 1 amide bonds. The molecular formula is C27H24ClF2N5O. The van der Waals surface area contributed by atoms with Crippen molar-refractivity contribution in [1.82, 2.24) is 19.4 Å². The van der Waals surface area contributed by atoms with Crippen molar-refractivity contribution < 1.29 is 13.6 Å². The minimum Gasteiger partial charge on any atom is -0.339 e. The zero-order chi connectivity index (χ0) is 25.4. The Morgan fingerprint density at radius 3 is 2.53 bits per heavy atom. The fraction of sp³-hybridized carbons (Fsp3) is 0.259. The molecule has 0 radical (unpaired) electrons. The average molecular weight is 508 g/mol. The van der Waals surface area contributed by atoms with E-state index in [-0.39, 0.29) is 17.5 Å². The van der Waals surface area contributed by atoms with Gasteiger partial charge >= 0.3 is 6.55 Å². The summed E-state index contributed by atoms with van der Waals surface area (Å²) in [7, 11) is 0. The maximum Gasteiger partial charge on any atom is 0.320 e. The van der Waals surface area contributed by atoms with Crippen LogP contribution in [0.4, 0.5) is 8.78 Å². The standard InChI is InChI=1S/C27H24ClF2N5O/c1-16-13-19(15-32-24(16)23(31)18-5-4-6-20(28)14-18)26(36)34-11-9-17(10-12-34)25-33-21-7-2-3-8-22(21)35(25)27(29)30/h2-8,13-15,17,27,31H,9-12H2,1H3. The number of alkyl halides is 2. The Bertz CT molecular complexity index is 1460. The number of nitrogens with zero attached hydrogens (tertiary/aromatic N) is 4. The number of rotatable bonds is 5. The summed E-state index contributed by atoms with van der Waals surface area (Å²) in [5, 5.41) is 9.03. The van der Waals surface area contributed by atoms with E-state index in [9.17, 15) is 13.6 Å². The minimum atomic E-state index is -2.68. The normalized spacial score (nSPS) is 14.5. The Morgan fingerprint density at radius 1 is 1.08 bits per heavy atom. The van der Waals surface area contributed by atoms with E-state index in [1.165, 1.54) is 6.20 Å². The molecule has 1 aliphatic rings. The predicted molar refractivity (Wildman–Crippen MR) is 135 cm³/mol. The number of aryl methyl sites for hydroxylation is 1. The summed E-state index contributed by atoms with van der Waals surface area (Å²) < 4.78 is 28.7. The SMILES string of the molecule is Cc1cc(C(=O)N2CCC(c3nc4ccccc4n3C(F)F)CC2)cnc1C(=N)c1cccc(Cl)c1. The van der Waals surface area contributed by atoms with E-state index in [2.05, 4.69) is 9.97 Å². The smallest absolute Gasteiger partial charge is 0.320 e. The number of halogens is 3. The quantitative estimate of drug-likeness (QED) is 0.326. The van der Waals surface area contributed by atoms with Gasteiger partial charge in [-0.3, -0.25) is 19.8 Å². The fourth-order valence-corrected chi connectivity index (χ4v) is 5.00. The van der Waals surface area contributed by atoms with Crippen molar-refractivity contribution in [2.75, 3.05) is 13.1 Å². The lowest BCUT2D eigenvalue weighted by molar-refractivity contribution is 0.0634. The predicted octanol–water partition coefficient (Wildman–Crippen LogP) is 6.22. The fourth-order valence-electron chi connectivity index (χ4n) is 4.81. The van der Waals surface area contributed by atoms with E-state index < -0.39 is 6.55 Å². The molecule has 0 atom stereocenters. The lowest BCUT2D eigenvalue weighted by atomic mass is 9.95. The molecule has 0 aliphatic carbocycles. The summed E-state index contributed by atoms with van der Waals surface area (Å²) in [5.74, 6) is 0.0581. The van der Waals surface area contributed by atoms with Crippen molar-refractivity contribution in [3.8, 4) is 0 Å². The van der Waals surface area contributed by atoms with Crippen molar-refractivity contribution in [2.24, 2.45) is 0 Å². The molecular weight excluding hydrogens is 484 g/mol. The zero-order valence-corrected chi connectivity index (χ0v) is 20.3. The molecule has 0 unspecified atom stereocenters. The Labute approximate surface area is 212 Å². The number of nitrogens with one attached hydrogen (secondary N) is 1. The van der Waals surface area contributed by atoms with Gasteiger partial charge in [-0.25, -0.2) is 4.98 Å². The maximum atomic E-state index is 13.9. The highest BCUT2D eigenvalue weighted by Crippen LogP contribution is 2.33. The van der Waals surface area contributed by atoms with Crippen LogP contribution >= 0.6 is 11.6 Å². The second-order valence-corrected chi connectivity index (χ2v) is 9.38. The molecule has 5 rings (SSSR count). The van der Waals surface area contributed by atoms with Crippen LogP contribution in [-0.2, 0) is 0 Å². The van der Waals surface area contributed by atoms with E-state index in [4.69, 9.17) is 17.0 Å². The molecule has 4 aromatic rings. The van der Waals surface area contributed by atoms with Crippen LogP contribution in [0.2, 0.25) is 5.02 Å². The molecule has 1 N–H and O–H groups in total. The number of hydrogen-bond donors (Lipinski definition) is 1. The number of fused-ring (bicyclic) bond motifs is 1. The molecule has 1 saturated heterocycles. The molecule has 1 fully saturated rings. The lowest BCUT2D eigenvalue weighted by Crippen LogP contribution is -2.38. The Morgan fingerprint density at radius 2 is 1.83 bits per heavy atom. The number of likely N-dealkylation sites (tertiary alicyclic amines) is 1. The van der Waals surface area contributed by atoms with Gasteiger partial charge in [0.1, 0.15) is 5.82 Å². The molecule has 3 heterocycles. The number of aromatic nitrogens is 3. The molecule has 0 bridgehead atoms. The van der Waals surface area contributed by atoms with Crippen LogP contribution in [0.25, 0.3) is 11.0 Å². The highest BCUT2D eigenvalue weighted by atomic mass is 35.5. The Balaban J connectivity index is 1.30. The average Bonchev–Trinajstić information content (AvgIpc) is 3.28. The largest absolute Gasteiger partial charge is 0.339 e. The summed E-state index contributed by atoms with van der Waals surface area (Å²) in [6.07, 6.45) is 2.59. The summed E-state index contributed by atoms with van der Waals surface area (Å²) in [4.78, 5) is 23.8. The Hall–Kier alpha value is -3.65. The first-order valence-electron chi connectivity index (χ1n) is 11.7. The molecule has 9 heteroatoms. The molecule has 0 saturated carbocycles. The second-order valence-electron chi connectivity index (χ2n) is 8.95. The first kappa shape index (κ1) is 24.1. The summed E-state index contributed by atoms with van der Waals surface area (Å²) >= 11 is 6.05. The van der Waals surface area contributed by atoms with Gasteiger partial charge in [-0.2, -0.15) is 8.78 Å². The zero-order valence-electron chi connectivity index (χ0n) is 19.6. The van der Waals surface area contributed by atoms with E-state index in [1.54, 1.807) is 59.5 Å². The summed E-state index contributed by atoms with van der Waals surface area (Å²) in [5.41, 5.74) is 3.49. The third kappa shape index (κ3) is 4.48. The van der Waals surface area contributed by atoms with Crippen LogP contribution in [0, 0.1) is 12.3 Å². The van der Waals surface area contributed by atoms with Gasteiger partial charge in [-0.1, -0.05) is 35.9 Å². The van der Waals surface area contributed by atoms with E-state index >= 15 is 0 Å². The first-order valence-corrected chi connectivity index (χ1v) is 12.1. The van der Waals surface area contributed by atoms with Gasteiger partial charge in [0.2, 0.25) is 0 Å². The summed E-state index contributed by atoms with van der Waals surface area (Å²) in [6, 6.07) is 15.7. The molecule has 0 spiro atoms. The Kier molecular flexibility index (Phi) is 6.53. The van der Waals surface area contributed by atoms with Gasteiger partial charge < -0.3 is 4.90 Å². The number of carbonyl (C=O) groups excluding carboxylic acids is 1. The van der Waals surface area contributed by atoms with Gasteiger partial charge in [-0.15, -0.1) is 0 Å². The van der Waals surface area contributed by atoms with Crippen LogP contribution in [0.5, 0.6) is 0 Å². The van der Waals surface area contributed by atoms with Crippen molar-refractivity contribution in [3.63, 3.8) is 0 Å². The third-order valence-electron chi connectivity index (χ3n) is 6.64. The van der Waals surface area contributed by atoms with Crippen LogP contribution < -0.4 is 0 Å². The van der Waals surface area contributed by atoms with Gasteiger partial charge in [0, 0.05) is 35.8 Å². The van der Waals surface area contributed by atoms with Gasteiger partial charge in [-0.05, 0) is 55.7 Å². The van der Waals surface area contributed by atoms with Crippen LogP contribution in [-0.4, -0.2) is 44.1 Å². The summed E-state index contributed by atoms with van der Waals surface area (Å²) in [6.45, 7) is 0.0222. The molecule has 184 valence electrons. The van der Waals surface area contributed by atoms with Crippen LogP contribution in [0.1, 0.15) is 58.3 Å². The third-order valence-corrected chi connectivity index (χ3v) is 6.88. The molecule has 36 heavy (non-hydrogen) atoms.